The molecule has 24 heavy (non-hydrogen) atoms. The number of aliphatic hydroxyl groups excluding tert-OH is 1. The first-order chi connectivity index (χ1) is 11.5. The summed E-state index contributed by atoms with van der Waals surface area (Å²) in [6.45, 7) is 5.97. The first-order valence-electron chi connectivity index (χ1n) is 8.29. The Balaban J connectivity index is 1.90. The van der Waals surface area contributed by atoms with E-state index < -0.39 is 6.10 Å². The minimum atomic E-state index is -0.426. The molecule has 2 aromatic rings. The van der Waals surface area contributed by atoms with Crippen molar-refractivity contribution in [2.75, 3.05) is 6.54 Å². The largest absolute Gasteiger partial charge is 0.464 e. The Bertz CT molecular complexity index is 637. The van der Waals surface area contributed by atoms with E-state index in [0.29, 0.717) is 13.0 Å². The Morgan fingerprint density at radius 3 is 2.46 bits per heavy atom. The van der Waals surface area contributed by atoms with Crippen LogP contribution in [0.5, 0.6) is 0 Å². The van der Waals surface area contributed by atoms with E-state index in [-0.39, 0.29) is 18.0 Å². The van der Waals surface area contributed by atoms with Gasteiger partial charge in [-0.1, -0.05) is 30.3 Å². The molecule has 5 nitrogen and oxygen atoms in total. The van der Waals surface area contributed by atoms with Crippen molar-refractivity contribution in [2.24, 2.45) is 0 Å². The lowest BCUT2D eigenvalue weighted by Gasteiger charge is -2.20. The van der Waals surface area contributed by atoms with Crippen molar-refractivity contribution in [2.45, 2.75) is 45.3 Å². The lowest BCUT2D eigenvalue weighted by molar-refractivity contribution is 0.173. The van der Waals surface area contributed by atoms with Crippen LogP contribution < -0.4 is 10.6 Å². The monoisotopic (exact) mass is 330 g/mol. The van der Waals surface area contributed by atoms with Crippen molar-refractivity contribution < 1.29 is 14.3 Å². The second-order valence-corrected chi connectivity index (χ2v) is 6.22. The predicted molar refractivity (Wildman–Crippen MR) is 93.9 cm³/mol. The third-order valence-corrected chi connectivity index (χ3v) is 3.94. The highest BCUT2D eigenvalue weighted by molar-refractivity contribution is 5.74. The van der Waals surface area contributed by atoms with Crippen LogP contribution in [-0.4, -0.2) is 23.8 Å². The third kappa shape index (κ3) is 5.42. The van der Waals surface area contributed by atoms with Crippen LogP contribution in [0.25, 0.3) is 0 Å². The van der Waals surface area contributed by atoms with E-state index in [1.165, 1.54) is 0 Å². The van der Waals surface area contributed by atoms with E-state index in [4.69, 9.17) is 4.42 Å². The molecule has 5 heteroatoms. The third-order valence-electron chi connectivity index (χ3n) is 3.94. The van der Waals surface area contributed by atoms with E-state index in [9.17, 15) is 9.90 Å². The summed E-state index contributed by atoms with van der Waals surface area (Å²) < 4.78 is 5.52. The Kier molecular flexibility index (Phi) is 6.44. The maximum Gasteiger partial charge on any atom is 0.315 e. The number of urea groups is 1. The van der Waals surface area contributed by atoms with Crippen LogP contribution in [0.3, 0.4) is 0 Å². The van der Waals surface area contributed by atoms with Gasteiger partial charge >= 0.3 is 6.03 Å². The molecule has 130 valence electrons. The number of rotatable bonds is 7. The van der Waals surface area contributed by atoms with Crippen molar-refractivity contribution >= 4 is 6.03 Å². The van der Waals surface area contributed by atoms with Crippen molar-refractivity contribution in [3.05, 3.63) is 59.5 Å². The average Bonchev–Trinajstić information content (AvgIpc) is 2.98. The summed E-state index contributed by atoms with van der Waals surface area (Å²) in [6.07, 6.45) is 0.169. The highest BCUT2D eigenvalue weighted by Crippen LogP contribution is 2.20. The number of hydrogen-bond acceptors (Lipinski definition) is 3. The first-order valence-corrected chi connectivity index (χ1v) is 8.29. The standard InChI is InChI=1S/C19H26N2O3/c1-13(22)11-17(16-7-5-4-6-8-16)12-20-19(23)21-15(3)18-10-9-14(2)24-18/h4-10,13,15,17,22H,11-12H2,1-3H3,(H2,20,21,23). The van der Waals surface area contributed by atoms with Gasteiger partial charge in [0.1, 0.15) is 11.5 Å². The number of furan rings is 1. The van der Waals surface area contributed by atoms with E-state index in [1.54, 1.807) is 6.92 Å². The number of aliphatic hydroxyl groups is 1. The number of benzene rings is 1. The molecule has 1 aromatic carbocycles. The number of hydrogen-bond donors (Lipinski definition) is 3. The van der Waals surface area contributed by atoms with Gasteiger partial charge in [0.25, 0.3) is 0 Å². The fourth-order valence-electron chi connectivity index (χ4n) is 2.70. The summed E-state index contributed by atoms with van der Waals surface area (Å²) >= 11 is 0. The molecule has 2 amide bonds. The highest BCUT2D eigenvalue weighted by atomic mass is 16.3. The fraction of sp³-hybridized carbons (Fsp3) is 0.421. The number of aryl methyl sites for hydroxylation is 1. The minimum Gasteiger partial charge on any atom is -0.464 e. The molecule has 0 aliphatic rings. The highest BCUT2D eigenvalue weighted by Gasteiger charge is 2.17. The lowest BCUT2D eigenvalue weighted by Crippen LogP contribution is -2.39. The van der Waals surface area contributed by atoms with Gasteiger partial charge in [0.15, 0.2) is 0 Å². The summed E-state index contributed by atoms with van der Waals surface area (Å²) in [6, 6.07) is 13.2. The van der Waals surface area contributed by atoms with E-state index in [0.717, 1.165) is 17.1 Å². The lowest BCUT2D eigenvalue weighted by atomic mass is 9.93. The van der Waals surface area contributed by atoms with E-state index in [1.807, 2.05) is 56.3 Å². The molecular formula is C19H26N2O3. The number of carbonyl (C=O) groups excluding carboxylic acids is 1. The van der Waals surface area contributed by atoms with E-state index in [2.05, 4.69) is 10.6 Å². The Labute approximate surface area is 143 Å². The normalized spacial score (nSPS) is 14.7. The van der Waals surface area contributed by atoms with Crippen LogP contribution in [-0.2, 0) is 0 Å². The molecule has 0 aliphatic carbocycles. The Morgan fingerprint density at radius 1 is 1.17 bits per heavy atom. The quantitative estimate of drug-likeness (QED) is 0.727. The van der Waals surface area contributed by atoms with Gasteiger partial charge in [0, 0.05) is 12.5 Å². The summed E-state index contributed by atoms with van der Waals surface area (Å²) in [5.41, 5.74) is 1.11. The Hall–Kier alpha value is -2.27. The molecule has 0 saturated heterocycles. The Morgan fingerprint density at radius 2 is 1.88 bits per heavy atom. The van der Waals surface area contributed by atoms with Crippen molar-refractivity contribution in [3.8, 4) is 0 Å². The molecule has 0 radical (unpaired) electrons. The summed E-state index contributed by atoms with van der Waals surface area (Å²) in [4.78, 5) is 12.1. The van der Waals surface area contributed by atoms with Crippen LogP contribution in [0.2, 0.25) is 0 Å². The van der Waals surface area contributed by atoms with Gasteiger partial charge in [-0.05, 0) is 44.9 Å². The van der Waals surface area contributed by atoms with Gasteiger partial charge in [-0.3, -0.25) is 0 Å². The molecule has 2 rings (SSSR count). The average molecular weight is 330 g/mol. The van der Waals surface area contributed by atoms with Crippen molar-refractivity contribution in [1.29, 1.82) is 0 Å². The number of amides is 2. The van der Waals surface area contributed by atoms with Gasteiger partial charge < -0.3 is 20.2 Å². The second kappa shape index (κ2) is 8.55. The minimum absolute atomic E-state index is 0.0677. The maximum atomic E-state index is 12.1. The van der Waals surface area contributed by atoms with E-state index >= 15 is 0 Å². The van der Waals surface area contributed by atoms with Crippen LogP contribution in [0.4, 0.5) is 4.79 Å². The smallest absolute Gasteiger partial charge is 0.315 e. The van der Waals surface area contributed by atoms with Crippen molar-refractivity contribution in [1.82, 2.24) is 10.6 Å². The maximum absolute atomic E-state index is 12.1. The molecule has 3 atom stereocenters. The summed E-state index contributed by atoms with van der Waals surface area (Å²) in [7, 11) is 0. The van der Waals surface area contributed by atoms with Gasteiger partial charge in [-0.2, -0.15) is 0 Å². The zero-order chi connectivity index (χ0) is 17.5. The fourth-order valence-corrected chi connectivity index (χ4v) is 2.70. The van der Waals surface area contributed by atoms with Gasteiger partial charge in [0.2, 0.25) is 0 Å². The second-order valence-electron chi connectivity index (χ2n) is 6.22. The molecule has 3 unspecified atom stereocenters. The number of carbonyl (C=O) groups is 1. The molecule has 0 fully saturated rings. The van der Waals surface area contributed by atoms with Crippen LogP contribution in [0, 0.1) is 6.92 Å². The molecule has 1 heterocycles. The van der Waals surface area contributed by atoms with Gasteiger partial charge in [-0.15, -0.1) is 0 Å². The van der Waals surface area contributed by atoms with Crippen molar-refractivity contribution in [3.63, 3.8) is 0 Å². The van der Waals surface area contributed by atoms with Gasteiger partial charge in [0.05, 0.1) is 12.1 Å². The SMILES string of the molecule is Cc1ccc(C(C)NC(=O)NCC(CC(C)O)c2ccccc2)o1. The zero-order valence-electron chi connectivity index (χ0n) is 14.5. The molecule has 3 N–H and O–H groups in total. The van der Waals surface area contributed by atoms with Crippen LogP contribution in [0.1, 0.15) is 49.3 Å². The first kappa shape index (κ1) is 18.1. The molecule has 0 spiro atoms. The molecule has 0 aliphatic heterocycles. The molecular weight excluding hydrogens is 304 g/mol. The molecule has 0 bridgehead atoms. The van der Waals surface area contributed by atoms with Gasteiger partial charge in [-0.25, -0.2) is 4.79 Å². The predicted octanol–water partition coefficient (Wildman–Crippen LogP) is 3.50. The summed E-state index contributed by atoms with van der Waals surface area (Å²) in [5, 5.41) is 15.5. The summed E-state index contributed by atoms with van der Waals surface area (Å²) in [5.74, 6) is 1.62. The number of nitrogens with one attached hydrogen (secondary N) is 2. The zero-order valence-corrected chi connectivity index (χ0v) is 14.5. The van der Waals surface area contributed by atoms with Crippen LogP contribution in [0.15, 0.2) is 46.9 Å². The molecule has 1 aromatic heterocycles. The molecule has 0 saturated carbocycles. The topological polar surface area (TPSA) is 74.5 Å². The van der Waals surface area contributed by atoms with Crippen LogP contribution >= 0.6 is 0 Å².